The number of benzene rings is 2. The number of hydrogen-bond donors (Lipinski definition) is 1. The number of hydrogen-bond acceptors (Lipinski definition) is 5. The van der Waals surface area contributed by atoms with Crippen molar-refractivity contribution in [2.45, 2.75) is 26.5 Å². The first kappa shape index (κ1) is 22.3. The third-order valence-corrected chi connectivity index (χ3v) is 5.03. The highest BCUT2D eigenvalue weighted by molar-refractivity contribution is 6.01. The SMILES string of the molecule is COc1cc(CNC(=O)C2CC(=O)N(c3cc(C)ccc3OC)C2)ccc1OC(F)F. The van der Waals surface area contributed by atoms with E-state index < -0.39 is 12.5 Å². The highest BCUT2D eigenvalue weighted by Gasteiger charge is 2.36. The fourth-order valence-corrected chi connectivity index (χ4v) is 3.48. The summed E-state index contributed by atoms with van der Waals surface area (Å²) in [4.78, 5) is 26.8. The monoisotopic (exact) mass is 434 g/mol. The number of amides is 2. The first-order valence-electron chi connectivity index (χ1n) is 9.66. The van der Waals surface area contributed by atoms with E-state index in [1.54, 1.807) is 17.0 Å². The third-order valence-electron chi connectivity index (χ3n) is 5.03. The molecule has 2 amide bonds. The molecule has 0 bridgehead atoms. The van der Waals surface area contributed by atoms with Crippen LogP contribution in [0.2, 0.25) is 0 Å². The normalized spacial score (nSPS) is 15.9. The van der Waals surface area contributed by atoms with Crippen molar-refractivity contribution in [2.24, 2.45) is 5.92 Å². The lowest BCUT2D eigenvalue weighted by molar-refractivity contribution is -0.126. The predicted molar refractivity (Wildman–Crippen MR) is 110 cm³/mol. The van der Waals surface area contributed by atoms with Gasteiger partial charge >= 0.3 is 6.61 Å². The third kappa shape index (κ3) is 5.22. The van der Waals surface area contributed by atoms with Crippen molar-refractivity contribution in [3.63, 3.8) is 0 Å². The number of aryl methyl sites for hydroxylation is 1. The minimum Gasteiger partial charge on any atom is -0.495 e. The number of nitrogens with one attached hydrogen (secondary N) is 1. The summed E-state index contributed by atoms with van der Waals surface area (Å²) in [5, 5.41) is 2.79. The Balaban J connectivity index is 1.64. The van der Waals surface area contributed by atoms with Crippen LogP contribution in [-0.4, -0.2) is 39.2 Å². The number of ether oxygens (including phenoxy) is 3. The Morgan fingerprint density at radius 2 is 1.84 bits per heavy atom. The van der Waals surface area contributed by atoms with Crippen molar-refractivity contribution in [1.29, 1.82) is 0 Å². The molecular formula is C22H24F2N2O5. The van der Waals surface area contributed by atoms with E-state index in [1.807, 2.05) is 19.1 Å². The van der Waals surface area contributed by atoms with Crippen molar-refractivity contribution >= 4 is 17.5 Å². The van der Waals surface area contributed by atoms with Crippen LogP contribution in [0.15, 0.2) is 36.4 Å². The summed E-state index contributed by atoms with van der Waals surface area (Å²) in [5.74, 6) is -0.314. The average molecular weight is 434 g/mol. The maximum absolute atomic E-state index is 12.7. The Hall–Kier alpha value is -3.36. The maximum atomic E-state index is 12.7. The summed E-state index contributed by atoms with van der Waals surface area (Å²) < 4.78 is 39.7. The first-order valence-corrected chi connectivity index (χ1v) is 9.66. The van der Waals surface area contributed by atoms with Crippen molar-refractivity contribution < 1.29 is 32.6 Å². The standard InChI is InChI=1S/C22H24F2N2O5/c1-13-4-6-17(29-2)16(8-13)26-12-15(10-20(26)27)21(28)25-11-14-5-7-18(31-22(23)24)19(9-14)30-3/h4-9,15,22H,10-12H2,1-3H3,(H,25,28). The number of halogens is 2. The number of carbonyl (C=O) groups excluding carboxylic acids is 2. The second-order valence-electron chi connectivity index (χ2n) is 7.16. The highest BCUT2D eigenvalue weighted by Crippen LogP contribution is 2.34. The molecule has 7 nitrogen and oxygen atoms in total. The minimum absolute atomic E-state index is 0.0864. The smallest absolute Gasteiger partial charge is 0.387 e. The van der Waals surface area contributed by atoms with E-state index in [9.17, 15) is 18.4 Å². The molecule has 2 aromatic rings. The lowest BCUT2D eigenvalue weighted by Gasteiger charge is -2.20. The summed E-state index contributed by atoms with van der Waals surface area (Å²) in [5.41, 5.74) is 2.26. The summed E-state index contributed by atoms with van der Waals surface area (Å²) >= 11 is 0. The van der Waals surface area contributed by atoms with Crippen LogP contribution in [0.4, 0.5) is 14.5 Å². The van der Waals surface area contributed by atoms with Gasteiger partial charge in [-0.1, -0.05) is 12.1 Å². The topological polar surface area (TPSA) is 77.1 Å². The Morgan fingerprint density at radius 3 is 2.52 bits per heavy atom. The zero-order chi connectivity index (χ0) is 22.5. The summed E-state index contributed by atoms with van der Waals surface area (Å²) in [6, 6.07) is 9.97. The Bertz CT molecular complexity index is 967. The van der Waals surface area contributed by atoms with Gasteiger partial charge < -0.3 is 24.4 Å². The van der Waals surface area contributed by atoms with Gasteiger partial charge in [-0.25, -0.2) is 0 Å². The van der Waals surface area contributed by atoms with E-state index in [-0.39, 0.29) is 42.8 Å². The molecule has 0 aliphatic carbocycles. The molecule has 1 atom stereocenters. The van der Waals surface area contributed by atoms with Crippen molar-refractivity contribution in [1.82, 2.24) is 5.32 Å². The molecule has 0 spiro atoms. The van der Waals surface area contributed by atoms with Crippen LogP contribution in [-0.2, 0) is 16.1 Å². The summed E-state index contributed by atoms with van der Waals surface area (Å²) in [6.07, 6.45) is 0.0907. The quantitative estimate of drug-likeness (QED) is 0.690. The van der Waals surface area contributed by atoms with Crippen LogP contribution < -0.4 is 24.4 Å². The maximum Gasteiger partial charge on any atom is 0.387 e. The van der Waals surface area contributed by atoms with Crippen molar-refractivity contribution in [2.75, 3.05) is 25.7 Å². The zero-order valence-corrected chi connectivity index (χ0v) is 17.5. The number of anilines is 1. The molecule has 1 unspecified atom stereocenters. The van der Waals surface area contributed by atoms with E-state index >= 15 is 0 Å². The molecule has 1 heterocycles. The van der Waals surface area contributed by atoms with Gasteiger partial charge in [0.2, 0.25) is 11.8 Å². The molecule has 1 N–H and O–H groups in total. The van der Waals surface area contributed by atoms with Gasteiger partial charge in [-0.05, 0) is 42.3 Å². The molecule has 0 saturated carbocycles. The average Bonchev–Trinajstić information content (AvgIpc) is 3.13. The van der Waals surface area contributed by atoms with Gasteiger partial charge in [0.1, 0.15) is 5.75 Å². The summed E-state index contributed by atoms with van der Waals surface area (Å²) in [7, 11) is 2.87. The van der Waals surface area contributed by atoms with Crippen LogP contribution in [0.5, 0.6) is 17.2 Å². The molecule has 9 heteroatoms. The minimum atomic E-state index is -2.96. The molecule has 1 aliphatic heterocycles. The fourth-order valence-electron chi connectivity index (χ4n) is 3.48. The van der Waals surface area contributed by atoms with Crippen molar-refractivity contribution in [3.8, 4) is 17.2 Å². The molecule has 1 aliphatic rings. The van der Waals surface area contributed by atoms with Crippen LogP contribution in [0.25, 0.3) is 0 Å². The number of alkyl halides is 2. The fraction of sp³-hybridized carbons (Fsp3) is 0.364. The number of rotatable bonds is 8. The molecular weight excluding hydrogens is 410 g/mol. The Labute approximate surface area is 178 Å². The molecule has 2 aromatic carbocycles. The van der Waals surface area contributed by atoms with Gasteiger partial charge in [0.15, 0.2) is 11.5 Å². The number of carbonyl (C=O) groups is 2. The zero-order valence-electron chi connectivity index (χ0n) is 17.5. The lowest BCUT2D eigenvalue weighted by Crippen LogP contribution is -2.32. The van der Waals surface area contributed by atoms with Gasteiger partial charge in [0.05, 0.1) is 25.8 Å². The van der Waals surface area contributed by atoms with E-state index in [0.717, 1.165) is 5.56 Å². The van der Waals surface area contributed by atoms with Crippen LogP contribution in [0, 0.1) is 12.8 Å². The van der Waals surface area contributed by atoms with Gasteiger partial charge in [-0.2, -0.15) is 8.78 Å². The Kier molecular flexibility index (Phi) is 6.94. The van der Waals surface area contributed by atoms with Crippen LogP contribution >= 0.6 is 0 Å². The van der Waals surface area contributed by atoms with Gasteiger partial charge in [0, 0.05) is 19.5 Å². The summed E-state index contributed by atoms with van der Waals surface area (Å²) in [6.45, 7) is -0.647. The van der Waals surface area contributed by atoms with E-state index in [1.165, 1.54) is 26.4 Å². The largest absolute Gasteiger partial charge is 0.495 e. The molecule has 3 rings (SSSR count). The first-order chi connectivity index (χ1) is 14.8. The molecule has 31 heavy (non-hydrogen) atoms. The van der Waals surface area contributed by atoms with Gasteiger partial charge in [-0.15, -0.1) is 0 Å². The Morgan fingerprint density at radius 1 is 1.13 bits per heavy atom. The molecule has 1 fully saturated rings. The van der Waals surface area contributed by atoms with Crippen molar-refractivity contribution in [3.05, 3.63) is 47.5 Å². The predicted octanol–water partition coefficient (Wildman–Crippen LogP) is 3.28. The highest BCUT2D eigenvalue weighted by atomic mass is 19.3. The molecule has 0 aromatic heterocycles. The molecule has 0 radical (unpaired) electrons. The van der Waals surface area contributed by atoms with E-state index in [0.29, 0.717) is 17.0 Å². The van der Waals surface area contributed by atoms with Gasteiger partial charge in [0.25, 0.3) is 0 Å². The second-order valence-corrected chi connectivity index (χ2v) is 7.16. The van der Waals surface area contributed by atoms with Crippen LogP contribution in [0.3, 0.4) is 0 Å². The number of nitrogens with zero attached hydrogens (tertiary/aromatic N) is 1. The second kappa shape index (κ2) is 9.63. The molecule has 1 saturated heterocycles. The van der Waals surface area contributed by atoms with E-state index in [4.69, 9.17) is 9.47 Å². The number of methoxy groups -OCH3 is 2. The molecule has 166 valence electrons. The lowest BCUT2D eigenvalue weighted by atomic mass is 10.1. The van der Waals surface area contributed by atoms with Crippen LogP contribution in [0.1, 0.15) is 17.5 Å². The van der Waals surface area contributed by atoms with Gasteiger partial charge in [-0.3, -0.25) is 9.59 Å². The van der Waals surface area contributed by atoms with E-state index in [2.05, 4.69) is 10.1 Å².